The summed E-state index contributed by atoms with van der Waals surface area (Å²) in [5.41, 5.74) is 0.770. The van der Waals surface area contributed by atoms with E-state index in [0.29, 0.717) is 31.1 Å². The van der Waals surface area contributed by atoms with Gasteiger partial charge in [-0.3, -0.25) is 14.7 Å². The fourth-order valence-electron chi connectivity index (χ4n) is 4.25. The molecule has 4 rings (SSSR count). The maximum absolute atomic E-state index is 12.6. The molecular weight excluding hydrogens is 384 g/mol. The van der Waals surface area contributed by atoms with Crippen molar-refractivity contribution in [2.24, 2.45) is 0 Å². The predicted octanol–water partition coefficient (Wildman–Crippen LogP) is 2.22. The molecule has 158 valence electrons. The summed E-state index contributed by atoms with van der Waals surface area (Å²) < 4.78 is 17.1. The maximum Gasteiger partial charge on any atom is 0.237 e. The van der Waals surface area contributed by atoms with Crippen molar-refractivity contribution in [2.45, 2.75) is 31.4 Å². The summed E-state index contributed by atoms with van der Waals surface area (Å²) in [5.74, 6) is 2.02. The topological polar surface area (TPSA) is 87.9 Å². The largest absolute Gasteiger partial charge is 0.493 e. The molecule has 2 aromatic rings. The van der Waals surface area contributed by atoms with Crippen LogP contribution >= 0.6 is 0 Å². The third-order valence-electron chi connectivity index (χ3n) is 5.81. The zero-order valence-electron chi connectivity index (χ0n) is 17.3. The number of benzene rings is 1. The number of aromatic nitrogens is 1. The van der Waals surface area contributed by atoms with Crippen LogP contribution in [0, 0.1) is 11.3 Å². The molecule has 3 heterocycles. The minimum atomic E-state index is -0.276. The molecule has 1 aromatic heterocycles. The third kappa shape index (κ3) is 3.98. The van der Waals surface area contributed by atoms with Crippen molar-refractivity contribution in [1.82, 2.24) is 14.8 Å². The quantitative estimate of drug-likeness (QED) is 0.721. The van der Waals surface area contributed by atoms with Gasteiger partial charge in [0, 0.05) is 37.3 Å². The van der Waals surface area contributed by atoms with Gasteiger partial charge in [0.25, 0.3) is 0 Å². The molecule has 2 atom stereocenters. The van der Waals surface area contributed by atoms with Crippen molar-refractivity contribution >= 4 is 16.8 Å². The summed E-state index contributed by atoms with van der Waals surface area (Å²) in [6, 6.07) is 7.52. The van der Waals surface area contributed by atoms with Gasteiger partial charge in [-0.1, -0.05) is 0 Å². The van der Waals surface area contributed by atoms with Crippen LogP contribution in [0.3, 0.4) is 0 Å². The molecule has 1 aromatic carbocycles. The van der Waals surface area contributed by atoms with Crippen LogP contribution in [-0.2, 0) is 4.79 Å². The second kappa shape index (κ2) is 8.76. The van der Waals surface area contributed by atoms with Gasteiger partial charge >= 0.3 is 0 Å². The average molecular weight is 410 g/mol. The SMILES string of the molecule is COc1cc2nccc(O[C@H]3CCN(CC(=O)N4CCCC4C#N)C3)c2cc1OC. The summed E-state index contributed by atoms with van der Waals surface area (Å²) in [5, 5.41) is 10.1. The van der Waals surface area contributed by atoms with Crippen molar-refractivity contribution in [1.29, 1.82) is 5.26 Å². The van der Waals surface area contributed by atoms with E-state index in [2.05, 4.69) is 16.0 Å². The number of pyridine rings is 1. The Kier molecular flexibility index (Phi) is 5.91. The molecule has 0 saturated carbocycles. The van der Waals surface area contributed by atoms with E-state index in [9.17, 15) is 10.1 Å². The van der Waals surface area contributed by atoms with Crippen molar-refractivity contribution in [2.75, 3.05) is 40.4 Å². The molecule has 1 unspecified atom stereocenters. The van der Waals surface area contributed by atoms with Crippen LogP contribution in [0.1, 0.15) is 19.3 Å². The van der Waals surface area contributed by atoms with E-state index >= 15 is 0 Å². The highest BCUT2D eigenvalue weighted by Crippen LogP contribution is 2.36. The summed E-state index contributed by atoms with van der Waals surface area (Å²) in [4.78, 5) is 20.8. The number of carbonyl (C=O) groups is 1. The number of hydrogen-bond donors (Lipinski definition) is 0. The third-order valence-corrected chi connectivity index (χ3v) is 5.81. The van der Waals surface area contributed by atoms with Crippen molar-refractivity contribution in [3.63, 3.8) is 0 Å². The molecule has 0 aliphatic carbocycles. The zero-order chi connectivity index (χ0) is 21.1. The van der Waals surface area contributed by atoms with Crippen LogP contribution in [0.2, 0.25) is 0 Å². The predicted molar refractivity (Wildman–Crippen MR) is 111 cm³/mol. The molecule has 8 nitrogen and oxygen atoms in total. The molecule has 0 spiro atoms. The lowest BCUT2D eigenvalue weighted by atomic mass is 10.1. The number of nitrogens with zero attached hydrogens (tertiary/aromatic N) is 4. The van der Waals surface area contributed by atoms with Gasteiger partial charge in [0.05, 0.1) is 32.4 Å². The number of fused-ring (bicyclic) bond motifs is 1. The van der Waals surface area contributed by atoms with Gasteiger partial charge in [0.1, 0.15) is 17.9 Å². The van der Waals surface area contributed by atoms with E-state index in [1.165, 1.54) is 0 Å². The number of methoxy groups -OCH3 is 2. The number of carbonyl (C=O) groups excluding carboxylic acids is 1. The summed E-state index contributed by atoms with van der Waals surface area (Å²) in [7, 11) is 3.20. The molecular formula is C22H26N4O4. The minimum Gasteiger partial charge on any atom is -0.493 e. The Morgan fingerprint density at radius 1 is 1.20 bits per heavy atom. The van der Waals surface area contributed by atoms with E-state index in [0.717, 1.165) is 42.5 Å². The highest BCUT2D eigenvalue weighted by Gasteiger charge is 2.32. The first-order valence-electron chi connectivity index (χ1n) is 10.2. The van der Waals surface area contributed by atoms with Crippen LogP contribution in [-0.4, -0.2) is 73.2 Å². The lowest BCUT2D eigenvalue weighted by Gasteiger charge is -2.23. The van der Waals surface area contributed by atoms with Crippen LogP contribution in [0.5, 0.6) is 17.2 Å². The van der Waals surface area contributed by atoms with Crippen LogP contribution < -0.4 is 14.2 Å². The number of ether oxygens (including phenoxy) is 3. The van der Waals surface area contributed by atoms with Crippen molar-refractivity contribution < 1.29 is 19.0 Å². The van der Waals surface area contributed by atoms with Gasteiger partial charge < -0.3 is 19.1 Å². The number of rotatable bonds is 6. The minimum absolute atomic E-state index is 0.0122. The molecule has 8 heteroatoms. The lowest BCUT2D eigenvalue weighted by molar-refractivity contribution is -0.132. The molecule has 2 aliphatic heterocycles. The summed E-state index contributed by atoms with van der Waals surface area (Å²) >= 11 is 0. The lowest BCUT2D eigenvalue weighted by Crippen LogP contribution is -2.42. The Morgan fingerprint density at radius 2 is 2.00 bits per heavy atom. The fraction of sp³-hybridized carbons (Fsp3) is 0.500. The number of hydrogen-bond acceptors (Lipinski definition) is 7. The number of amides is 1. The first kappa shape index (κ1) is 20.2. The second-order valence-corrected chi connectivity index (χ2v) is 7.67. The standard InChI is InChI=1S/C22H26N4O4/c1-28-20-10-17-18(11-21(20)29-2)24-7-5-19(17)30-16-6-9-25(13-16)14-22(27)26-8-3-4-15(26)12-23/h5,7,10-11,15-16H,3-4,6,8-9,13-14H2,1-2H3/t15?,16-/m0/s1. The highest BCUT2D eigenvalue weighted by molar-refractivity contribution is 5.88. The Morgan fingerprint density at radius 3 is 2.77 bits per heavy atom. The molecule has 30 heavy (non-hydrogen) atoms. The fourth-order valence-corrected chi connectivity index (χ4v) is 4.25. The van der Waals surface area contributed by atoms with Gasteiger partial charge in [0.2, 0.25) is 5.91 Å². The Labute approximate surface area is 175 Å². The monoisotopic (exact) mass is 410 g/mol. The summed E-state index contributed by atoms with van der Waals surface area (Å²) in [6.07, 6.45) is 4.22. The Bertz CT molecular complexity index is 973. The van der Waals surface area contributed by atoms with Crippen LogP contribution in [0.25, 0.3) is 10.9 Å². The smallest absolute Gasteiger partial charge is 0.237 e. The van der Waals surface area contributed by atoms with Crippen LogP contribution in [0.4, 0.5) is 0 Å². The Balaban J connectivity index is 1.43. The number of nitriles is 1. The first-order valence-corrected chi connectivity index (χ1v) is 10.2. The van der Waals surface area contributed by atoms with Crippen molar-refractivity contribution in [3.05, 3.63) is 24.4 Å². The molecule has 2 fully saturated rings. The second-order valence-electron chi connectivity index (χ2n) is 7.67. The molecule has 0 N–H and O–H groups in total. The number of likely N-dealkylation sites (tertiary alicyclic amines) is 2. The van der Waals surface area contributed by atoms with Gasteiger partial charge in [-0.15, -0.1) is 0 Å². The maximum atomic E-state index is 12.6. The van der Waals surface area contributed by atoms with E-state index in [1.54, 1.807) is 25.3 Å². The highest BCUT2D eigenvalue weighted by atomic mass is 16.5. The van der Waals surface area contributed by atoms with E-state index in [4.69, 9.17) is 14.2 Å². The molecule has 0 radical (unpaired) electrons. The van der Waals surface area contributed by atoms with Gasteiger partial charge in [-0.05, 0) is 31.4 Å². The van der Waals surface area contributed by atoms with E-state index < -0.39 is 0 Å². The van der Waals surface area contributed by atoms with E-state index in [1.807, 2.05) is 18.2 Å². The van der Waals surface area contributed by atoms with Crippen LogP contribution in [0.15, 0.2) is 24.4 Å². The molecule has 2 aliphatic rings. The van der Waals surface area contributed by atoms with Gasteiger partial charge in [-0.25, -0.2) is 0 Å². The Hall–Kier alpha value is -3.05. The molecule has 1 amide bonds. The van der Waals surface area contributed by atoms with Crippen molar-refractivity contribution in [3.8, 4) is 23.3 Å². The summed E-state index contributed by atoms with van der Waals surface area (Å²) in [6.45, 7) is 2.48. The normalized spacial score (nSPS) is 21.6. The van der Waals surface area contributed by atoms with Gasteiger partial charge in [0.15, 0.2) is 11.5 Å². The average Bonchev–Trinajstić information content (AvgIpc) is 3.42. The zero-order valence-corrected chi connectivity index (χ0v) is 17.3. The van der Waals surface area contributed by atoms with Gasteiger partial charge in [-0.2, -0.15) is 5.26 Å². The first-order chi connectivity index (χ1) is 14.6. The van der Waals surface area contributed by atoms with E-state index in [-0.39, 0.29) is 18.1 Å². The molecule has 0 bridgehead atoms. The molecule has 2 saturated heterocycles.